The molecular weight excluding hydrogens is 319 g/mol. The summed E-state index contributed by atoms with van der Waals surface area (Å²) in [6, 6.07) is 1.52. The molecule has 0 radical (unpaired) electrons. The molecule has 0 fully saturated rings. The van der Waals surface area contributed by atoms with Crippen molar-refractivity contribution in [3.8, 4) is 0 Å². The molecule has 0 saturated heterocycles. The average molecular weight is 324 g/mol. The van der Waals surface area contributed by atoms with Crippen LogP contribution in [0.2, 0.25) is 0 Å². The van der Waals surface area contributed by atoms with E-state index in [1.54, 1.807) is 0 Å². The summed E-state index contributed by atoms with van der Waals surface area (Å²) < 4.78 is 39.1. The lowest BCUT2D eigenvalue weighted by atomic mass is 10.1. The molecule has 1 N–H and O–H groups in total. The van der Waals surface area contributed by atoms with Crippen LogP contribution in [-0.4, -0.2) is 10.1 Å². The maximum absolute atomic E-state index is 13.0. The Labute approximate surface area is 107 Å². The van der Waals surface area contributed by atoms with Gasteiger partial charge in [-0.05, 0) is 33.6 Å². The molecule has 0 aliphatic rings. The molecule has 0 aliphatic heterocycles. The number of benzene rings is 1. The number of hydrogen-bond donors (Lipinski definition) is 1. The third kappa shape index (κ3) is 2.36. The van der Waals surface area contributed by atoms with Crippen molar-refractivity contribution in [3.63, 3.8) is 0 Å². The molecule has 0 amide bonds. The monoisotopic (exact) mass is 323 g/mol. The third-order valence-electron chi connectivity index (χ3n) is 2.12. The molecule has 7 heteroatoms. The van der Waals surface area contributed by atoms with E-state index in [2.05, 4.69) is 20.9 Å². The number of aliphatic hydroxyl groups is 1. The predicted molar refractivity (Wildman–Crippen MR) is 60.2 cm³/mol. The Bertz CT molecular complexity index is 537. The van der Waals surface area contributed by atoms with Crippen molar-refractivity contribution in [2.75, 3.05) is 0 Å². The Balaban J connectivity index is 2.45. The van der Waals surface area contributed by atoms with E-state index in [0.717, 1.165) is 23.5 Å². The van der Waals surface area contributed by atoms with Crippen molar-refractivity contribution in [2.24, 2.45) is 0 Å². The van der Waals surface area contributed by atoms with Crippen LogP contribution in [0, 0.1) is 17.5 Å². The third-order valence-corrected chi connectivity index (χ3v) is 3.90. The van der Waals surface area contributed by atoms with Gasteiger partial charge in [0.2, 0.25) is 0 Å². The zero-order valence-electron chi connectivity index (χ0n) is 8.12. The second kappa shape index (κ2) is 4.75. The Hall–Kier alpha value is -0.920. The molecule has 0 aliphatic carbocycles. The van der Waals surface area contributed by atoms with Crippen LogP contribution in [0.15, 0.2) is 22.2 Å². The van der Waals surface area contributed by atoms with E-state index in [9.17, 15) is 18.3 Å². The largest absolute Gasteiger partial charge is 0.383 e. The Morgan fingerprint density at radius 1 is 1.24 bits per heavy atom. The van der Waals surface area contributed by atoms with Gasteiger partial charge >= 0.3 is 0 Å². The molecule has 1 unspecified atom stereocenters. The lowest BCUT2D eigenvalue weighted by molar-refractivity contribution is 0.221. The van der Waals surface area contributed by atoms with Crippen LogP contribution in [0.1, 0.15) is 16.5 Å². The highest BCUT2D eigenvalue weighted by Gasteiger charge is 2.20. The number of aliphatic hydroxyl groups excluding tert-OH is 1. The molecule has 90 valence electrons. The number of thiazole rings is 1. The number of rotatable bonds is 2. The van der Waals surface area contributed by atoms with Crippen LogP contribution in [0.5, 0.6) is 0 Å². The van der Waals surface area contributed by atoms with Crippen LogP contribution in [0.25, 0.3) is 0 Å². The first kappa shape index (κ1) is 12.5. The summed E-state index contributed by atoms with van der Waals surface area (Å²) >= 11 is 4.22. The molecule has 1 aromatic heterocycles. The molecule has 0 saturated carbocycles. The second-order valence-electron chi connectivity index (χ2n) is 3.21. The van der Waals surface area contributed by atoms with Crippen molar-refractivity contribution in [2.45, 2.75) is 6.10 Å². The predicted octanol–water partition coefficient (Wildman–Crippen LogP) is 3.40. The molecule has 17 heavy (non-hydrogen) atoms. The Morgan fingerprint density at radius 3 is 2.29 bits per heavy atom. The van der Waals surface area contributed by atoms with Crippen LogP contribution in [0.4, 0.5) is 13.2 Å². The topological polar surface area (TPSA) is 33.1 Å². The Morgan fingerprint density at radius 2 is 1.82 bits per heavy atom. The Kier molecular flexibility index (Phi) is 3.50. The van der Waals surface area contributed by atoms with Crippen molar-refractivity contribution in [1.82, 2.24) is 4.98 Å². The van der Waals surface area contributed by atoms with E-state index in [-0.39, 0.29) is 5.56 Å². The van der Waals surface area contributed by atoms with Gasteiger partial charge in [0.25, 0.3) is 0 Å². The highest BCUT2D eigenvalue weighted by atomic mass is 79.9. The first-order valence-corrected chi connectivity index (χ1v) is 6.09. The first-order chi connectivity index (χ1) is 8.00. The van der Waals surface area contributed by atoms with Gasteiger partial charge in [-0.3, -0.25) is 0 Å². The van der Waals surface area contributed by atoms with Gasteiger partial charge in [-0.2, -0.15) is 0 Å². The van der Waals surface area contributed by atoms with Crippen molar-refractivity contribution in [1.29, 1.82) is 0 Å². The molecule has 1 heterocycles. The lowest BCUT2D eigenvalue weighted by Gasteiger charge is -2.10. The van der Waals surface area contributed by atoms with E-state index in [4.69, 9.17) is 0 Å². The van der Waals surface area contributed by atoms with Gasteiger partial charge in [0.1, 0.15) is 10.7 Å². The number of hydrogen-bond acceptors (Lipinski definition) is 3. The van der Waals surface area contributed by atoms with Crippen molar-refractivity contribution >= 4 is 27.3 Å². The minimum Gasteiger partial charge on any atom is -0.383 e. The zero-order chi connectivity index (χ0) is 12.6. The van der Waals surface area contributed by atoms with E-state index >= 15 is 0 Å². The van der Waals surface area contributed by atoms with Gasteiger partial charge < -0.3 is 5.11 Å². The summed E-state index contributed by atoms with van der Waals surface area (Å²) in [7, 11) is 0. The highest BCUT2D eigenvalue weighted by Crippen LogP contribution is 2.32. The summed E-state index contributed by atoms with van der Waals surface area (Å²) in [5.74, 6) is -4.22. The molecule has 0 spiro atoms. The second-order valence-corrected chi connectivity index (χ2v) is 4.85. The molecule has 2 aromatic rings. The fourth-order valence-electron chi connectivity index (χ4n) is 1.30. The van der Waals surface area contributed by atoms with Crippen LogP contribution in [0.3, 0.4) is 0 Å². The zero-order valence-corrected chi connectivity index (χ0v) is 10.5. The summed E-state index contributed by atoms with van der Waals surface area (Å²) in [5.41, 5.74) is 1.41. The maximum atomic E-state index is 13.0. The lowest BCUT2D eigenvalue weighted by Crippen LogP contribution is -2.02. The highest BCUT2D eigenvalue weighted by molar-refractivity contribution is 9.10. The fourth-order valence-corrected chi connectivity index (χ4v) is 2.73. The smallest absolute Gasteiger partial charge is 0.194 e. The van der Waals surface area contributed by atoms with Crippen molar-refractivity contribution < 1.29 is 18.3 Å². The van der Waals surface area contributed by atoms with E-state index in [0.29, 0.717) is 9.48 Å². The minimum atomic E-state index is -1.55. The molecule has 2 nitrogen and oxygen atoms in total. The van der Waals surface area contributed by atoms with E-state index < -0.39 is 23.6 Å². The standard InChI is InChI=1S/C10H5BrF3NOS/c11-10-9(17-3-15-10)8(16)4-1-5(12)7(14)6(13)2-4/h1-3,8,16H. The van der Waals surface area contributed by atoms with Crippen molar-refractivity contribution in [3.05, 3.63) is 50.1 Å². The summed E-state index contributed by atoms with van der Waals surface area (Å²) in [6.07, 6.45) is -1.25. The quantitative estimate of drug-likeness (QED) is 0.859. The SMILES string of the molecule is OC(c1cc(F)c(F)c(F)c1)c1scnc1Br. The molecule has 2 rings (SSSR count). The van der Waals surface area contributed by atoms with Gasteiger partial charge in [-0.15, -0.1) is 11.3 Å². The minimum absolute atomic E-state index is 0.0636. The maximum Gasteiger partial charge on any atom is 0.194 e. The van der Waals surface area contributed by atoms with Crippen LogP contribution in [-0.2, 0) is 0 Å². The molecule has 0 bridgehead atoms. The number of halogens is 4. The van der Waals surface area contributed by atoms with Gasteiger partial charge in [0.05, 0.1) is 10.4 Å². The normalized spacial score (nSPS) is 12.8. The van der Waals surface area contributed by atoms with E-state index in [1.807, 2.05) is 0 Å². The van der Waals surface area contributed by atoms with Gasteiger partial charge in [-0.25, -0.2) is 18.2 Å². The summed E-state index contributed by atoms with van der Waals surface area (Å²) in [6.45, 7) is 0. The number of nitrogens with zero attached hydrogens (tertiary/aromatic N) is 1. The molecule has 1 aromatic carbocycles. The fraction of sp³-hybridized carbons (Fsp3) is 0.100. The average Bonchev–Trinajstić information content (AvgIpc) is 2.70. The first-order valence-electron chi connectivity index (χ1n) is 4.42. The summed E-state index contributed by atoms with van der Waals surface area (Å²) in [4.78, 5) is 4.24. The van der Waals surface area contributed by atoms with Crippen LogP contribution < -0.4 is 0 Å². The summed E-state index contributed by atoms with van der Waals surface area (Å²) in [5, 5.41) is 9.89. The molecule has 1 atom stereocenters. The van der Waals surface area contributed by atoms with Crippen LogP contribution >= 0.6 is 27.3 Å². The van der Waals surface area contributed by atoms with Gasteiger partial charge in [-0.1, -0.05) is 0 Å². The van der Waals surface area contributed by atoms with E-state index in [1.165, 1.54) is 5.51 Å². The molecular formula is C10H5BrF3NOS. The van der Waals surface area contributed by atoms with Gasteiger partial charge in [0.15, 0.2) is 17.5 Å². The number of aromatic nitrogens is 1. The van der Waals surface area contributed by atoms with Gasteiger partial charge in [0, 0.05) is 0 Å².